The van der Waals surface area contributed by atoms with Gasteiger partial charge in [-0.1, -0.05) is 31.9 Å². The highest BCUT2D eigenvalue weighted by Gasteiger charge is 2.19. The Hall–Kier alpha value is -2.72. The van der Waals surface area contributed by atoms with Crippen LogP contribution in [0.15, 0.2) is 49.2 Å². The molecule has 3 rings (SSSR count). The molecule has 2 aromatic carbocycles. The summed E-state index contributed by atoms with van der Waals surface area (Å²) >= 11 is 6.73. The molecule has 0 aliphatic carbocycles. The van der Waals surface area contributed by atoms with Gasteiger partial charge in [0.1, 0.15) is 5.82 Å². The van der Waals surface area contributed by atoms with Gasteiger partial charge in [-0.3, -0.25) is 4.79 Å². The molecule has 0 saturated carbocycles. The number of halogens is 2. The van der Waals surface area contributed by atoms with E-state index in [4.69, 9.17) is 9.47 Å². The number of hydrogen-bond acceptors (Lipinski definition) is 6. The number of aromatic nitrogens is 2. The Bertz CT molecular complexity index is 1220. The molecule has 1 aromatic heterocycles. The number of hydrogen-bond donors (Lipinski definition) is 1. The molecule has 1 atom stereocenters. The van der Waals surface area contributed by atoms with Crippen molar-refractivity contribution in [1.29, 1.82) is 0 Å². The molecular weight excluding hydrogens is 522 g/mol. The van der Waals surface area contributed by atoms with Gasteiger partial charge in [-0.25, -0.2) is 9.78 Å². The van der Waals surface area contributed by atoms with Crippen LogP contribution in [0.3, 0.4) is 0 Å². The van der Waals surface area contributed by atoms with Crippen LogP contribution in [0.5, 0.6) is 11.5 Å². The molecule has 1 heterocycles. The maximum absolute atomic E-state index is 12.9. The number of fused-ring (bicyclic) bond motifs is 1. The molecule has 0 spiro atoms. The summed E-state index contributed by atoms with van der Waals surface area (Å²) in [6.45, 7) is 3.08. The first-order valence-corrected chi connectivity index (χ1v) is 10.3. The Labute approximate surface area is 188 Å². The van der Waals surface area contributed by atoms with E-state index >= 15 is 0 Å². The second kappa shape index (κ2) is 8.97. The third-order valence-electron chi connectivity index (χ3n) is 4.19. The Balaban J connectivity index is 2.13. The van der Waals surface area contributed by atoms with Crippen molar-refractivity contribution in [1.82, 2.24) is 9.66 Å². The average molecular weight is 539 g/mol. The van der Waals surface area contributed by atoms with Gasteiger partial charge in [0.15, 0.2) is 17.6 Å². The van der Waals surface area contributed by atoms with Crippen LogP contribution in [0.2, 0.25) is 0 Å². The van der Waals surface area contributed by atoms with Crippen LogP contribution in [-0.2, 0) is 4.79 Å². The molecule has 0 aliphatic rings. The molecule has 30 heavy (non-hydrogen) atoms. The first-order chi connectivity index (χ1) is 14.2. The van der Waals surface area contributed by atoms with E-state index in [1.165, 1.54) is 24.9 Å². The number of carboxylic acid groups (broad SMARTS) is 1. The Kier molecular flexibility index (Phi) is 6.57. The molecule has 0 radical (unpaired) electrons. The number of carbonyl (C=O) groups is 1. The highest BCUT2D eigenvalue weighted by Crippen LogP contribution is 2.34. The number of carboxylic acids is 1. The van der Waals surface area contributed by atoms with Gasteiger partial charge in [-0.05, 0) is 44.2 Å². The largest absolute Gasteiger partial charge is 0.493 e. The topological polar surface area (TPSA) is 103 Å². The molecule has 10 heteroatoms. The van der Waals surface area contributed by atoms with Crippen LogP contribution in [0.25, 0.3) is 10.9 Å². The van der Waals surface area contributed by atoms with Crippen LogP contribution < -0.4 is 15.0 Å². The van der Waals surface area contributed by atoms with Crippen molar-refractivity contribution < 1.29 is 19.4 Å². The number of nitrogens with zero attached hydrogens (tertiary/aromatic N) is 3. The quantitative estimate of drug-likeness (QED) is 0.476. The van der Waals surface area contributed by atoms with Gasteiger partial charge in [-0.2, -0.15) is 9.78 Å². The summed E-state index contributed by atoms with van der Waals surface area (Å²) in [6, 6.07) is 8.57. The van der Waals surface area contributed by atoms with E-state index in [0.29, 0.717) is 32.5 Å². The van der Waals surface area contributed by atoms with Gasteiger partial charge in [0.2, 0.25) is 0 Å². The number of benzene rings is 2. The Morgan fingerprint density at radius 2 is 2.00 bits per heavy atom. The number of ether oxygens (including phenoxy) is 2. The zero-order valence-electron chi connectivity index (χ0n) is 16.2. The van der Waals surface area contributed by atoms with Gasteiger partial charge in [0, 0.05) is 14.5 Å². The van der Waals surface area contributed by atoms with Crippen LogP contribution in [0.4, 0.5) is 0 Å². The van der Waals surface area contributed by atoms with Gasteiger partial charge in [-0.15, -0.1) is 0 Å². The fourth-order valence-corrected chi connectivity index (χ4v) is 3.52. The summed E-state index contributed by atoms with van der Waals surface area (Å²) in [5, 5.41) is 13.9. The fourth-order valence-electron chi connectivity index (χ4n) is 2.71. The van der Waals surface area contributed by atoms with Crippen LogP contribution in [0, 0.1) is 6.92 Å². The summed E-state index contributed by atoms with van der Waals surface area (Å²) in [5.74, 6) is -0.209. The van der Waals surface area contributed by atoms with Gasteiger partial charge in [0.05, 0.1) is 24.2 Å². The highest BCUT2D eigenvalue weighted by molar-refractivity contribution is 9.10. The van der Waals surface area contributed by atoms with E-state index in [1.54, 1.807) is 31.2 Å². The van der Waals surface area contributed by atoms with Crippen molar-refractivity contribution >= 4 is 54.9 Å². The van der Waals surface area contributed by atoms with E-state index in [0.717, 1.165) is 4.47 Å². The molecule has 0 fully saturated rings. The molecule has 156 valence electrons. The van der Waals surface area contributed by atoms with E-state index in [9.17, 15) is 14.7 Å². The number of rotatable bonds is 6. The zero-order chi connectivity index (χ0) is 22.0. The zero-order valence-corrected chi connectivity index (χ0v) is 19.4. The lowest BCUT2D eigenvalue weighted by atomic mass is 10.2. The molecule has 0 unspecified atom stereocenters. The smallest absolute Gasteiger partial charge is 0.344 e. The summed E-state index contributed by atoms with van der Waals surface area (Å²) in [6.07, 6.45) is 0.285. The monoisotopic (exact) mass is 537 g/mol. The van der Waals surface area contributed by atoms with E-state index in [1.807, 2.05) is 6.07 Å². The van der Waals surface area contributed by atoms with Crippen molar-refractivity contribution in [2.75, 3.05) is 7.11 Å². The molecule has 1 N–H and O–H groups in total. The van der Waals surface area contributed by atoms with E-state index in [-0.39, 0.29) is 11.3 Å². The molecule has 0 aliphatic heterocycles. The summed E-state index contributed by atoms with van der Waals surface area (Å²) < 4.78 is 13.5. The van der Waals surface area contributed by atoms with Crippen LogP contribution in [-0.4, -0.2) is 40.2 Å². The van der Waals surface area contributed by atoms with Crippen LogP contribution >= 0.6 is 31.9 Å². The second-order valence-electron chi connectivity index (χ2n) is 6.31. The average Bonchev–Trinajstić information content (AvgIpc) is 2.69. The van der Waals surface area contributed by atoms with Crippen molar-refractivity contribution in [3.05, 3.63) is 61.0 Å². The maximum Gasteiger partial charge on any atom is 0.344 e. The minimum absolute atomic E-state index is 0.196. The normalized spacial score (nSPS) is 12.3. The van der Waals surface area contributed by atoms with Crippen LogP contribution in [0.1, 0.15) is 18.3 Å². The minimum atomic E-state index is -1.13. The van der Waals surface area contributed by atoms with Gasteiger partial charge in [0.25, 0.3) is 5.56 Å². The Morgan fingerprint density at radius 1 is 1.27 bits per heavy atom. The molecule has 8 nitrogen and oxygen atoms in total. The predicted molar refractivity (Wildman–Crippen MR) is 120 cm³/mol. The summed E-state index contributed by atoms with van der Waals surface area (Å²) in [5.41, 5.74) is 0.656. The lowest BCUT2D eigenvalue weighted by Gasteiger charge is -2.16. The fraction of sp³-hybridized carbons (Fsp3) is 0.200. The lowest BCUT2D eigenvalue weighted by Crippen LogP contribution is -2.24. The van der Waals surface area contributed by atoms with Crippen molar-refractivity contribution in [2.45, 2.75) is 20.0 Å². The molecule has 0 amide bonds. The highest BCUT2D eigenvalue weighted by atomic mass is 79.9. The maximum atomic E-state index is 12.9. The van der Waals surface area contributed by atoms with Gasteiger partial charge >= 0.3 is 5.97 Å². The van der Waals surface area contributed by atoms with Crippen molar-refractivity contribution in [2.24, 2.45) is 5.10 Å². The van der Waals surface area contributed by atoms with Crippen molar-refractivity contribution in [3.8, 4) is 11.5 Å². The number of methoxy groups -OCH3 is 1. The molecule has 0 bridgehead atoms. The van der Waals surface area contributed by atoms with Gasteiger partial charge < -0.3 is 14.6 Å². The SMILES string of the molecule is COc1cc(Br)cc(C=Nn2c(C)nc3ccc(Br)cc3c2=O)c1O[C@@H](C)C(=O)O. The van der Waals surface area contributed by atoms with Crippen molar-refractivity contribution in [3.63, 3.8) is 0 Å². The number of aliphatic carboxylic acids is 1. The molecular formula is C20H17Br2N3O5. The summed E-state index contributed by atoms with van der Waals surface area (Å²) in [4.78, 5) is 28.6. The number of aryl methyl sites for hydroxylation is 1. The van der Waals surface area contributed by atoms with E-state index in [2.05, 4.69) is 41.9 Å². The molecule has 0 saturated heterocycles. The predicted octanol–water partition coefficient (Wildman–Crippen LogP) is 3.97. The van der Waals surface area contributed by atoms with E-state index < -0.39 is 12.1 Å². The first kappa shape index (κ1) is 22.0. The summed E-state index contributed by atoms with van der Waals surface area (Å²) in [7, 11) is 1.45. The minimum Gasteiger partial charge on any atom is -0.493 e. The standard InChI is InChI=1S/C20H17Br2N3O5/c1-10(20(27)28)30-18-12(6-14(22)8-17(18)29-3)9-23-25-11(2)24-16-5-4-13(21)7-15(16)19(25)26/h4-10H,1-3H3,(H,27,28)/t10-/m0/s1. The first-order valence-electron chi connectivity index (χ1n) is 8.71. The third kappa shape index (κ3) is 4.54. The lowest BCUT2D eigenvalue weighted by molar-refractivity contribution is -0.144. The Morgan fingerprint density at radius 3 is 2.67 bits per heavy atom. The third-order valence-corrected chi connectivity index (χ3v) is 5.14. The molecule has 3 aromatic rings. The second-order valence-corrected chi connectivity index (χ2v) is 8.14.